The van der Waals surface area contributed by atoms with Gasteiger partial charge >= 0.3 is 12.4 Å². The van der Waals surface area contributed by atoms with E-state index in [1.807, 2.05) is 0 Å². The third kappa shape index (κ3) is 4.28. The highest BCUT2D eigenvalue weighted by molar-refractivity contribution is 5.94. The van der Waals surface area contributed by atoms with Crippen molar-refractivity contribution in [3.05, 3.63) is 58.7 Å². The molecule has 0 bridgehead atoms. The van der Waals surface area contributed by atoms with Crippen LogP contribution in [-0.2, 0) is 18.8 Å². The minimum absolute atomic E-state index is 0.00464. The summed E-state index contributed by atoms with van der Waals surface area (Å²) in [6.07, 6.45) is -9.31. The normalized spacial score (nSPS) is 12.7. The van der Waals surface area contributed by atoms with E-state index in [4.69, 9.17) is 5.73 Å². The maximum atomic E-state index is 14.4. The zero-order valence-corrected chi connectivity index (χ0v) is 15.3. The summed E-state index contributed by atoms with van der Waals surface area (Å²) in [5.74, 6) is -1.95. The van der Waals surface area contributed by atoms with Gasteiger partial charge < -0.3 is 10.7 Å². The first-order valence-electron chi connectivity index (χ1n) is 8.92. The second-order valence-electron chi connectivity index (χ2n) is 6.79. The summed E-state index contributed by atoms with van der Waals surface area (Å²) in [6, 6.07) is 3.10. The number of hydrogen-bond donors (Lipinski definition) is 2. The molecule has 0 atom stereocenters. The van der Waals surface area contributed by atoms with Gasteiger partial charge in [0.1, 0.15) is 11.6 Å². The van der Waals surface area contributed by atoms with Gasteiger partial charge in [-0.05, 0) is 55.6 Å². The Morgan fingerprint density at radius 2 is 1.57 bits per heavy atom. The predicted molar refractivity (Wildman–Crippen MR) is 95.6 cm³/mol. The molecule has 2 aromatic carbocycles. The molecule has 0 radical (unpaired) electrons. The summed E-state index contributed by atoms with van der Waals surface area (Å²) in [4.78, 5) is 2.50. The second-order valence-corrected chi connectivity index (χ2v) is 6.79. The summed E-state index contributed by atoms with van der Waals surface area (Å²) in [6.45, 7) is 0.257. The minimum Gasteiger partial charge on any atom is -0.354 e. The molecular weight excluding hydrogens is 420 g/mol. The fourth-order valence-electron chi connectivity index (χ4n) is 3.41. The van der Waals surface area contributed by atoms with Gasteiger partial charge in [-0.2, -0.15) is 26.3 Å². The van der Waals surface area contributed by atoms with Crippen molar-refractivity contribution in [3.63, 3.8) is 0 Å². The van der Waals surface area contributed by atoms with Gasteiger partial charge in [-0.25, -0.2) is 8.78 Å². The van der Waals surface area contributed by atoms with Crippen LogP contribution in [0.4, 0.5) is 35.1 Å². The second kappa shape index (κ2) is 7.90. The minimum atomic E-state index is -5.08. The zero-order chi connectivity index (χ0) is 22.3. The first-order valence-corrected chi connectivity index (χ1v) is 8.92. The molecule has 3 rings (SSSR count). The van der Waals surface area contributed by atoms with Gasteiger partial charge in [0, 0.05) is 22.5 Å². The highest BCUT2D eigenvalue weighted by Crippen LogP contribution is 2.44. The number of aromatic nitrogens is 1. The molecule has 0 saturated heterocycles. The van der Waals surface area contributed by atoms with E-state index in [9.17, 15) is 35.1 Å². The number of H-pyrrole nitrogens is 1. The van der Waals surface area contributed by atoms with Crippen LogP contribution in [-0.4, -0.2) is 11.5 Å². The van der Waals surface area contributed by atoms with Gasteiger partial charge in [0.2, 0.25) is 0 Å². The highest BCUT2D eigenvalue weighted by Gasteiger charge is 2.39. The van der Waals surface area contributed by atoms with E-state index in [2.05, 4.69) is 4.98 Å². The van der Waals surface area contributed by atoms with Crippen LogP contribution >= 0.6 is 0 Å². The van der Waals surface area contributed by atoms with Crippen molar-refractivity contribution < 1.29 is 35.1 Å². The zero-order valence-electron chi connectivity index (χ0n) is 15.3. The summed E-state index contributed by atoms with van der Waals surface area (Å²) < 4.78 is 108. The number of rotatable bonds is 5. The van der Waals surface area contributed by atoms with E-state index >= 15 is 0 Å². The van der Waals surface area contributed by atoms with Crippen LogP contribution in [0.1, 0.15) is 29.5 Å². The van der Waals surface area contributed by atoms with Gasteiger partial charge in [0.25, 0.3) is 0 Å². The fourth-order valence-corrected chi connectivity index (χ4v) is 3.41. The average Bonchev–Trinajstić information content (AvgIpc) is 2.98. The topological polar surface area (TPSA) is 41.8 Å². The fraction of sp³-hybridized carbons (Fsp3) is 0.300. The van der Waals surface area contributed by atoms with Crippen molar-refractivity contribution in [2.75, 3.05) is 6.54 Å². The van der Waals surface area contributed by atoms with Crippen molar-refractivity contribution >= 4 is 10.9 Å². The van der Waals surface area contributed by atoms with Crippen LogP contribution < -0.4 is 5.73 Å². The lowest BCUT2D eigenvalue weighted by molar-refractivity contribution is -0.142. The number of nitrogens with two attached hydrogens (primary N) is 1. The number of hydrogen-bond acceptors (Lipinski definition) is 1. The molecule has 30 heavy (non-hydrogen) atoms. The number of benzene rings is 2. The molecule has 0 aliphatic rings. The Balaban J connectivity index is 2.37. The number of unbranched alkanes of at least 4 members (excludes halogenated alkanes) is 1. The molecular formula is C20H16F8N2. The van der Waals surface area contributed by atoms with Crippen molar-refractivity contribution in [2.24, 2.45) is 5.73 Å². The molecule has 1 heterocycles. The number of aryl methyl sites for hydroxylation is 1. The van der Waals surface area contributed by atoms with Gasteiger partial charge in [-0.1, -0.05) is 0 Å². The predicted octanol–water partition coefficient (Wildman–Crippen LogP) is 6.43. The molecule has 0 unspecified atom stereocenters. The van der Waals surface area contributed by atoms with Crippen LogP contribution in [0.15, 0.2) is 30.3 Å². The monoisotopic (exact) mass is 436 g/mol. The quantitative estimate of drug-likeness (QED) is 0.351. The van der Waals surface area contributed by atoms with Crippen molar-refractivity contribution in [1.29, 1.82) is 0 Å². The van der Waals surface area contributed by atoms with Crippen molar-refractivity contribution in [3.8, 4) is 11.3 Å². The maximum Gasteiger partial charge on any atom is 0.417 e. The van der Waals surface area contributed by atoms with Gasteiger partial charge in [0.05, 0.1) is 16.8 Å². The molecule has 0 aliphatic carbocycles. The molecule has 0 amide bonds. The Kier molecular flexibility index (Phi) is 5.81. The van der Waals surface area contributed by atoms with E-state index in [1.165, 1.54) is 0 Å². The third-order valence-electron chi connectivity index (χ3n) is 4.72. The molecule has 0 aliphatic heterocycles. The van der Waals surface area contributed by atoms with Gasteiger partial charge in [-0.3, -0.25) is 0 Å². The molecule has 3 N–H and O–H groups in total. The van der Waals surface area contributed by atoms with Crippen LogP contribution in [0.2, 0.25) is 0 Å². The summed E-state index contributed by atoms with van der Waals surface area (Å²) in [7, 11) is 0. The first-order chi connectivity index (χ1) is 13.9. The molecule has 1 aromatic heterocycles. The van der Waals surface area contributed by atoms with Crippen LogP contribution in [0.5, 0.6) is 0 Å². The van der Waals surface area contributed by atoms with Crippen LogP contribution in [0, 0.1) is 11.6 Å². The number of fused-ring (bicyclic) bond motifs is 1. The van der Waals surface area contributed by atoms with Crippen molar-refractivity contribution in [1.82, 2.24) is 4.98 Å². The molecule has 0 spiro atoms. The van der Waals surface area contributed by atoms with Gasteiger partial charge in [-0.15, -0.1) is 0 Å². The lowest BCUT2D eigenvalue weighted by Crippen LogP contribution is -2.11. The van der Waals surface area contributed by atoms with E-state index < -0.39 is 46.0 Å². The number of nitrogens with one attached hydrogen (secondary N) is 1. The molecule has 10 heteroatoms. The number of aromatic amines is 1. The standard InChI is InChI=1S/C20H16F8N2/c21-11-4-5-12(15(22)9-11)18-13(3-1-2-6-29)17-14(20(26,27)28)7-10(19(23,24)25)8-16(17)30-18/h4-5,7-9,30H,1-3,6,29H2. The summed E-state index contributed by atoms with van der Waals surface area (Å²) in [5, 5.41) is -0.466. The molecule has 3 aromatic rings. The van der Waals surface area contributed by atoms with Crippen molar-refractivity contribution in [2.45, 2.75) is 31.6 Å². The van der Waals surface area contributed by atoms with Crippen LogP contribution in [0.25, 0.3) is 22.2 Å². The Bertz CT molecular complexity index is 1060. The van der Waals surface area contributed by atoms with E-state index in [0.717, 1.165) is 12.1 Å². The Morgan fingerprint density at radius 1 is 0.867 bits per heavy atom. The SMILES string of the molecule is NCCCCc1c(-c2ccc(F)cc2F)[nH]c2cc(C(F)(F)F)cc(C(F)(F)F)c12. The highest BCUT2D eigenvalue weighted by atomic mass is 19.4. The summed E-state index contributed by atoms with van der Waals surface area (Å²) >= 11 is 0. The third-order valence-corrected chi connectivity index (χ3v) is 4.72. The smallest absolute Gasteiger partial charge is 0.354 e. The molecule has 0 saturated carbocycles. The lowest BCUT2D eigenvalue weighted by Gasteiger charge is -2.14. The lowest BCUT2D eigenvalue weighted by atomic mass is 9.95. The summed E-state index contributed by atoms with van der Waals surface area (Å²) in [5.41, 5.74) is 1.68. The molecule has 162 valence electrons. The Hall–Kier alpha value is -2.62. The Labute approximate surface area is 165 Å². The number of halogens is 8. The van der Waals surface area contributed by atoms with E-state index in [-0.39, 0.29) is 35.9 Å². The van der Waals surface area contributed by atoms with Crippen LogP contribution in [0.3, 0.4) is 0 Å². The van der Waals surface area contributed by atoms with E-state index in [1.54, 1.807) is 0 Å². The molecule has 0 fully saturated rings. The van der Waals surface area contributed by atoms with E-state index in [0.29, 0.717) is 25.0 Å². The molecule has 2 nitrogen and oxygen atoms in total. The Morgan fingerprint density at radius 3 is 2.13 bits per heavy atom. The maximum absolute atomic E-state index is 14.4. The average molecular weight is 436 g/mol. The van der Waals surface area contributed by atoms with Gasteiger partial charge in [0.15, 0.2) is 0 Å². The number of alkyl halides is 6. The first kappa shape index (κ1) is 22.1. The largest absolute Gasteiger partial charge is 0.417 e.